The Morgan fingerprint density at radius 1 is 0.543 bits per heavy atom. The highest BCUT2D eigenvalue weighted by atomic mass is 19.2. The molecule has 2 N–H and O–H groups in total. The number of benzene rings is 5. The second kappa shape index (κ2) is 32.3. The maximum atomic E-state index is 16.4. The van der Waals surface area contributed by atoms with Gasteiger partial charge in [-0.1, -0.05) is 292 Å². The van der Waals surface area contributed by atoms with Crippen molar-refractivity contribution in [1.29, 1.82) is 0 Å². The van der Waals surface area contributed by atoms with Crippen molar-refractivity contribution >= 4 is 28.0 Å². The largest absolute Gasteiger partial charge is 0.398 e. The van der Waals surface area contributed by atoms with E-state index in [9.17, 15) is 0 Å². The summed E-state index contributed by atoms with van der Waals surface area (Å²) in [6, 6.07) is 31.7. The Balaban J connectivity index is 0.000000589. The molecule has 5 aromatic rings. The van der Waals surface area contributed by atoms with Crippen LogP contribution in [0.4, 0.5) is 14.5 Å². The zero-order valence-electron chi connectivity index (χ0n) is 54.2. The molecule has 0 heterocycles. The normalized spacial score (nSPS) is 13.5. The standard InChI is InChI=1S/C58H83F2N.C17H18.C3H8/c1-14-17-19-21-23-25-36-58(37-26-24-22-20-18-15-2)49-38-45(32-34-47(49)48-35-33-46(39-50(48)58)57(11,12)13)40(4)29-31-44(27-16-3)52-54(60)53(59)51(43(7)55(52)61)41(5)28-30-42(6)56(8,9)10;1-13-4-8-16(9-5-13)12-15(3)17-10-6-14(2)7-11-17;1-3-2/h28-35,38-39H,14-27,36-37,61H2,1-13H3;4-11H,3,12H2,1-2H3;3H2,1-2H3/b40-29+,41-28+,42-30+,44-31+;;. The molecule has 3 heteroatoms. The van der Waals surface area contributed by atoms with Crippen LogP contribution in [0, 0.1) is 37.8 Å². The van der Waals surface area contributed by atoms with Crippen molar-refractivity contribution in [3.05, 3.63) is 194 Å². The van der Waals surface area contributed by atoms with Crippen LogP contribution in [0.2, 0.25) is 0 Å². The fourth-order valence-corrected chi connectivity index (χ4v) is 11.2. The number of hydrogen-bond acceptors (Lipinski definition) is 1. The van der Waals surface area contributed by atoms with Crippen LogP contribution in [-0.4, -0.2) is 0 Å². The maximum Gasteiger partial charge on any atom is 0.169 e. The van der Waals surface area contributed by atoms with E-state index >= 15 is 8.78 Å². The summed E-state index contributed by atoms with van der Waals surface area (Å²) >= 11 is 0. The molecule has 0 atom stereocenters. The second-order valence-electron chi connectivity index (χ2n) is 25.9. The number of hydrogen-bond donors (Lipinski definition) is 1. The minimum Gasteiger partial charge on any atom is -0.398 e. The molecule has 1 aliphatic carbocycles. The van der Waals surface area contributed by atoms with Gasteiger partial charge in [-0.15, -0.1) is 0 Å². The van der Waals surface area contributed by atoms with Crippen LogP contribution >= 0.6 is 0 Å². The number of allylic oxidation sites excluding steroid dienone is 9. The number of aryl methyl sites for hydroxylation is 2. The molecule has 81 heavy (non-hydrogen) atoms. The SMILES string of the molecule is C=C(Cc1ccc(C)cc1)c1ccc(C)cc1.CCC.CCCCCCCCC1(CCCCCCCC)c2cc(/C(C)=C/C=C(\CCC)c3c(N)c(C)c(/C(C)=C/C=C(\C)C(C)(C)C)c(F)c3F)ccc2-c2ccc(C(C)(C)C)cc21. The van der Waals surface area contributed by atoms with Gasteiger partial charge in [0.1, 0.15) is 0 Å². The molecule has 0 radical (unpaired) electrons. The summed E-state index contributed by atoms with van der Waals surface area (Å²) in [4.78, 5) is 0. The number of fused-ring (bicyclic) bond motifs is 3. The highest BCUT2D eigenvalue weighted by Crippen LogP contribution is 2.55. The summed E-state index contributed by atoms with van der Waals surface area (Å²) in [7, 11) is 0. The maximum absolute atomic E-state index is 16.4. The fourth-order valence-electron chi connectivity index (χ4n) is 11.2. The van der Waals surface area contributed by atoms with E-state index < -0.39 is 11.6 Å². The minimum atomic E-state index is -0.868. The quantitative estimate of drug-likeness (QED) is 0.0372. The Morgan fingerprint density at radius 2 is 1.01 bits per heavy atom. The average Bonchev–Trinajstić information content (AvgIpc) is 3.61. The highest BCUT2D eigenvalue weighted by Gasteiger charge is 2.43. The summed E-state index contributed by atoms with van der Waals surface area (Å²) in [5.74, 6) is -1.70. The van der Waals surface area contributed by atoms with E-state index in [1.165, 1.54) is 145 Å². The van der Waals surface area contributed by atoms with Crippen molar-refractivity contribution in [3.8, 4) is 11.1 Å². The second-order valence-corrected chi connectivity index (χ2v) is 25.9. The lowest BCUT2D eigenvalue weighted by Gasteiger charge is -2.34. The van der Waals surface area contributed by atoms with Crippen molar-refractivity contribution in [3.63, 3.8) is 0 Å². The lowest BCUT2D eigenvalue weighted by molar-refractivity contribution is 0.397. The summed E-state index contributed by atoms with van der Waals surface area (Å²) in [5, 5.41) is 0. The molecule has 1 aliphatic rings. The zero-order chi connectivity index (χ0) is 60.1. The third kappa shape index (κ3) is 19.0. The molecule has 0 amide bonds. The van der Waals surface area contributed by atoms with Gasteiger partial charge in [0.05, 0.1) is 0 Å². The molecule has 0 fully saturated rings. The first-order valence-corrected chi connectivity index (χ1v) is 31.5. The van der Waals surface area contributed by atoms with Gasteiger partial charge in [0.15, 0.2) is 11.6 Å². The van der Waals surface area contributed by atoms with E-state index in [2.05, 4.69) is 201 Å². The van der Waals surface area contributed by atoms with Gasteiger partial charge in [-0.25, -0.2) is 8.78 Å². The Labute approximate surface area is 494 Å². The van der Waals surface area contributed by atoms with Crippen molar-refractivity contribution in [2.24, 2.45) is 5.41 Å². The topological polar surface area (TPSA) is 26.0 Å². The molecular formula is C78H109F2N. The van der Waals surface area contributed by atoms with Gasteiger partial charge < -0.3 is 5.73 Å². The van der Waals surface area contributed by atoms with Crippen molar-refractivity contribution in [2.45, 2.75) is 244 Å². The molecule has 0 unspecified atom stereocenters. The monoisotopic (exact) mass is 1100 g/mol. The molecule has 0 saturated heterocycles. The molecule has 0 aromatic heterocycles. The third-order valence-electron chi connectivity index (χ3n) is 16.8. The first kappa shape index (κ1) is 68.0. The van der Waals surface area contributed by atoms with Gasteiger partial charge in [0, 0.05) is 22.2 Å². The average molecular weight is 1100 g/mol. The van der Waals surface area contributed by atoms with Crippen LogP contribution in [0.25, 0.3) is 33.4 Å². The van der Waals surface area contributed by atoms with Gasteiger partial charge >= 0.3 is 0 Å². The number of rotatable bonds is 24. The highest BCUT2D eigenvalue weighted by molar-refractivity contribution is 5.86. The Morgan fingerprint density at radius 3 is 1.53 bits per heavy atom. The van der Waals surface area contributed by atoms with Crippen LogP contribution in [0.3, 0.4) is 0 Å². The number of unbranched alkanes of at least 4 members (excludes halogenated alkanes) is 10. The predicted octanol–water partition coefficient (Wildman–Crippen LogP) is 24.6. The smallest absolute Gasteiger partial charge is 0.169 e. The van der Waals surface area contributed by atoms with Crippen molar-refractivity contribution in [2.75, 3.05) is 5.73 Å². The lowest BCUT2D eigenvalue weighted by atomic mass is 9.69. The number of nitrogen functional groups attached to an aromatic ring is 1. The van der Waals surface area contributed by atoms with Crippen LogP contribution < -0.4 is 5.73 Å². The van der Waals surface area contributed by atoms with Crippen LogP contribution in [0.15, 0.2) is 121 Å². The van der Waals surface area contributed by atoms with E-state index in [-0.39, 0.29) is 27.4 Å². The first-order chi connectivity index (χ1) is 38.4. The van der Waals surface area contributed by atoms with Crippen LogP contribution in [0.1, 0.15) is 267 Å². The van der Waals surface area contributed by atoms with E-state index in [1.54, 1.807) is 0 Å². The van der Waals surface area contributed by atoms with E-state index in [1.807, 2.05) is 32.1 Å². The zero-order valence-corrected chi connectivity index (χ0v) is 54.2. The predicted molar refractivity (Wildman–Crippen MR) is 357 cm³/mol. The van der Waals surface area contributed by atoms with Crippen molar-refractivity contribution < 1.29 is 8.78 Å². The summed E-state index contributed by atoms with van der Waals surface area (Å²) < 4.78 is 32.5. The molecule has 6 rings (SSSR count). The van der Waals surface area contributed by atoms with Gasteiger partial charge in [0.25, 0.3) is 0 Å². The van der Waals surface area contributed by atoms with Gasteiger partial charge in [0.2, 0.25) is 0 Å². The summed E-state index contributed by atoms with van der Waals surface area (Å²) in [6.07, 6.45) is 29.2. The molecule has 0 saturated carbocycles. The lowest BCUT2D eigenvalue weighted by Crippen LogP contribution is -2.26. The van der Waals surface area contributed by atoms with Gasteiger partial charge in [-0.05, 0) is 156 Å². The first-order valence-electron chi connectivity index (χ1n) is 31.5. The minimum absolute atomic E-state index is 0.0187. The molecule has 0 aliphatic heterocycles. The van der Waals surface area contributed by atoms with Gasteiger partial charge in [-0.3, -0.25) is 0 Å². The van der Waals surface area contributed by atoms with Crippen molar-refractivity contribution in [1.82, 2.24) is 0 Å². The molecule has 440 valence electrons. The molecule has 0 spiro atoms. The molecule has 1 nitrogen and oxygen atoms in total. The summed E-state index contributed by atoms with van der Waals surface area (Å²) in [6.45, 7) is 40.6. The molecule has 5 aromatic carbocycles. The van der Waals surface area contributed by atoms with Crippen LogP contribution in [0.5, 0.6) is 0 Å². The van der Waals surface area contributed by atoms with E-state index in [0.29, 0.717) is 23.2 Å². The van der Waals surface area contributed by atoms with E-state index in [4.69, 9.17) is 5.73 Å². The number of halogens is 2. The number of anilines is 1. The molecule has 0 bridgehead atoms. The Kier molecular flexibility index (Phi) is 27.1. The Bertz CT molecular complexity index is 2870. The summed E-state index contributed by atoms with van der Waals surface area (Å²) in [5.41, 5.74) is 26.4. The Hall–Kier alpha value is -5.54. The fraction of sp³-hybridized carbons (Fsp3) is 0.487. The number of nitrogens with two attached hydrogens (primary N) is 1. The third-order valence-corrected chi connectivity index (χ3v) is 16.8. The molecular weight excluding hydrogens is 989 g/mol. The van der Waals surface area contributed by atoms with E-state index in [0.717, 1.165) is 42.4 Å². The van der Waals surface area contributed by atoms with Crippen LogP contribution in [-0.2, 0) is 17.3 Å². The van der Waals surface area contributed by atoms with Gasteiger partial charge in [-0.2, -0.15) is 0 Å².